The van der Waals surface area contributed by atoms with Crippen molar-refractivity contribution in [2.75, 3.05) is 19.6 Å². The Morgan fingerprint density at radius 3 is 2.17 bits per heavy atom. The Bertz CT molecular complexity index is 667. The van der Waals surface area contributed by atoms with Gasteiger partial charge in [-0.2, -0.15) is 4.31 Å². The summed E-state index contributed by atoms with van der Waals surface area (Å²) in [5, 5.41) is 2.81. The van der Waals surface area contributed by atoms with Gasteiger partial charge in [-0.05, 0) is 41.9 Å². The van der Waals surface area contributed by atoms with E-state index in [0.29, 0.717) is 30.4 Å². The van der Waals surface area contributed by atoms with Gasteiger partial charge in [0.25, 0.3) is 0 Å². The largest absolute Gasteiger partial charge is 0.356 e. The van der Waals surface area contributed by atoms with Gasteiger partial charge in [0.05, 0.1) is 4.90 Å². The summed E-state index contributed by atoms with van der Waals surface area (Å²) in [6.45, 7) is 9.47. The van der Waals surface area contributed by atoms with Crippen molar-refractivity contribution in [2.45, 2.75) is 50.8 Å². The third kappa shape index (κ3) is 4.57. The minimum Gasteiger partial charge on any atom is -0.356 e. The molecule has 24 heavy (non-hydrogen) atoms. The summed E-state index contributed by atoms with van der Waals surface area (Å²) in [6.07, 6.45) is 1.55. The number of amides is 1. The lowest BCUT2D eigenvalue weighted by molar-refractivity contribution is -0.119. The number of nitrogens with one attached hydrogen (secondary N) is 1. The van der Waals surface area contributed by atoms with Crippen molar-refractivity contribution in [1.29, 1.82) is 0 Å². The number of rotatable bonds is 4. The number of hydrogen-bond donors (Lipinski definition) is 1. The van der Waals surface area contributed by atoms with E-state index in [-0.39, 0.29) is 11.3 Å². The van der Waals surface area contributed by atoms with Gasteiger partial charge in [-0.1, -0.05) is 32.9 Å². The first-order valence-corrected chi connectivity index (χ1v) is 9.90. The number of benzene rings is 1. The zero-order chi connectivity index (χ0) is 18.0. The number of nitrogens with zero attached hydrogens (tertiary/aromatic N) is 1. The zero-order valence-electron chi connectivity index (χ0n) is 15.0. The van der Waals surface area contributed by atoms with Crippen LogP contribution in [0.4, 0.5) is 0 Å². The molecule has 1 saturated heterocycles. The molecular weight excluding hydrogens is 324 g/mol. The topological polar surface area (TPSA) is 66.5 Å². The van der Waals surface area contributed by atoms with E-state index in [1.807, 2.05) is 12.1 Å². The van der Waals surface area contributed by atoms with Gasteiger partial charge < -0.3 is 5.32 Å². The van der Waals surface area contributed by atoms with Gasteiger partial charge in [-0.15, -0.1) is 0 Å². The fourth-order valence-corrected chi connectivity index (χ4v) is 4.39. The molecule has 1 aliphatic heterocycles. The number of sulfonamides is 1. The first kappa shape index (κ1) is 18.9. The minimum atomic E-state index is -3.43. The third-order valence-electron chi connectivity index (χ3n) is 4.57. The fraction of sp³-hybridized carbons (Fsp3) is 0.611. The van der Waals surface area contributed by atoms with E-state index in [0.717, 1.165) is 18.4 Å². The number of hydrogen-bond acceptors (Lipinski definition) is 3. The molecule has 2 rings (SSSR count). The summed E-state index contributed by atoms with van der Waals surface area (Å²) < 4.78 is 27.1. The molecule has 0 bridgehead atoms. The SMILES string of the molecule is CC(=O)NCC1CCN(S(=O)(=O)c2ccc(C(C)(C)C)cc2)CC1. The predicted molar refractivity (Wildman–Crippen MR) is 95.3 cm³/mol. The Hall–Kier alpha value is -1.40. The van der Waals surface area contributed by atoms with Crippen molar-refractivity contribution in [3.8, 4) is 0 Å². The minimum absolute atomic E-state index is 0.00432. The van der Waals surface area contributed by atoms with E-state index in [9.17, 15) is 13.2 Å². The molecule has 1 aromatic rings. The molecule has 1 fully saturated rings. The van der Waals surface area contributed by atoms with Gasteiger partial charge in [0.1, 0.15) is 0 Å². The quantitative estimate of drug-likeness (QED) is 0.905. The molecule has 0 saturated carbocycles. The van der Waals surface area contributed by atoms with Crippen molar-refractivity contribution in [2.24, 2.45) is 5.92 Å². The zero-order valence-corrected chi connectivity index (χ0v) is 15.8. The molecule has 1 heterocycles. The maximum atomic E-state index is 12.8. The highest BCUT2D eigenvalue weighted by atomic mass is 32.2. The molecule has 1 aliphatic rings. The van der Waals surface area contributed by atoms with Crippen molar-refractivity contribution < 1.29 is 13.2 Å². The predicted octanol–water partition coefficient (Wildman–Crippen LogP) is 2.52. The van der Waals surface area contributed by atoms with Crippen LogP contribution < -0.4 is 5.32 Å². The van der Waals surface area contributed by atoms with Crippen LogP contribution in [0.2, 0.25) is 0 Å². The van der Waals surface area contributed by atoms with Crippen LogP contribution >= 0.6 is 0 Å². The van der Waals surface area contributed by atoms with Crippen LogP contribution in [-0.4, -0.2) is 38.3 Å². The van der Waals surface area contributed by atoms with Gasteiger partial charge in [0.15, 0.2) is 0 Å². The molecule has 5 nitrogen and oxygen atoms in total. The highest BCUT2D eigenvalue weighted by molar-refractivity contribution is 7.89. The van der Waals surface area contributed by atoms with Gasteiger partial charge in [-0.25, -0.2) is 8.42 Å². The first-order valence-electron chi connectivity index (χ1n) is 8.46. The van der Waals surface area contributed by atoms with Crippen LogP contribution in [0.1, 0.15) is 46.1 Å². The van der Waals surface area contributed by atoms with Crippen molar-refractivity contribution in [3.63, 3.8) is 0 Å². The Balaban J connectivity index is 2.02. The molecule has 6 heteroatoms. The van der Waals surface area contributed by atoms with Crippen LogP contribution in [0.25, 0.3) is 0 Å². The second-order valence-electron chi connectivity index (χ2n) is 7.56. The average Bonchev–Trinajstić information content (AvgIpc) is 2.52. The maximum absolute atomic E-state index is 12.8. The lowest BCUT2D eigenvalue weighted by Crippen LogP contribution is -2.41. The smallest absolute Gasteiger partial charge is 0.243 e. The summed E-state index contributed by atoms with van der Waals surface area (Å²) in [4.78, 5) is 11.3. The maximum Gasteiger partial charge on any atom is 0.243 e. The fourth-order valence-electron chi connectivity index (χ4n) is 2.92. The van der Waals surface area contributed by atoms with Crippen LogP contribution in [0, 0.1) is 5.92 Å². The molecule has 0 unspecified atom stereocenters. The molecule has 0 radical (unpaired) electrons. The van der Waals surface area contributed by atoms with E-state index in [2.05, 4.69) is 26.1 Å². The molecular formula is C18H28N2O3S. The lowest BCUT2D eigenvalue weighted by atomic mass is 9.87. The van der Waals surface area contributed by atoms with Gasteiger partial charge in [0.2, 0.25) is 15.9 Å². The summed E-state index contributed by atoms with van der Waals surface area (Å²) in [5.41, 5.74) is 1.13. The van der Waals surface area contributed by atoms with Crippen LogP contribution in [0.3, 0.4) is 0 Å². The van der Waals surface area contributed by atoms with E-state index in [1.165, 1.54) is 6.92 Å². The molecule has 1 amide bonds. The van der Waals surface area contributed by atoms with Crippen LogP contribution in [0.15, 0.2) is 29.2 Å². The second kappa shape index (κ2) is 7.23. The highest BCUT2D eigenvalue weighted by Crippen LogP contribution is 2.26. The van der Waals surface area contributed by atoms with Crippen molar-refractivity contribution in [3.05, 3.63) is 29.8 Å². The first-order chi connectivity index (χ1) is 11.1. The third-order valence-corrected chi connectivity index (χ3v) is 6.48. The molecule has 134 valence electrons. The van der Waals surface area contributed by atoms with Gasteiger partial charge in [-0.3, -0.25) is 4.79 Å². The highest BCUT2D eigenvalue weighted by Gasteiger charge is 2.29. The summed E-state index contributed by atoms with van der Waals surface area (Å²) in [6, 6.07) is 7.21. The molecule has 0 aliphatic carbocycles. The van der Waals surface area contributed by atoms with E-state index < -0.39 is 10.0 Å². The van der Waals surface area contributed by atoms with Crippen molar-refractivity contribution >= 4 is 15.9 Å². The normalized spacial score (nSPS) is 17.7. The molecule has 0 atom stereocenters. The molecule has 1 N–H and O–H groups in total. The number of carbonyl (C=O) groups is 1. The Morgan fingerprint density at radius 1 is 1.17 bits per heavy atom. The van der Waals surface area contributed by atoms with Gasteiger partial charge in [0, 0.05) is 26.6 Å². The Labute approximate surface area is 145 Å². The summed E-state index contributed by atoms with van der Waals surface area (Å²) in [7, 11) is -3.43. The second-order valence-corrected chi connectivity index (χ2v) is 9.50. The number of piperidine rings is 1. The number of carbonyl (C=O) groups excluding carboxylic acids is 1. The monoisotopic (exact) mass is 352 g/mol. The van der Waals surface area contributed by atoms with E-state index >= 15 is 0 Å². The lowest BCUT2D eigenvalue weighted by Gasteiger charge is -2.31. The van der Waals surface area contributed by atoms with Gasteiger partial charge >= 0.3 is 0 Å². The summed E-state index contributed by atoms with van der Waals surface area (Å²) in [5.74, 6) is 0.313. The van der Waals surface area contributed by atoms with Crippen LogP contribution in [-0.2, 0) is 20.2 Å². The van der Waals surface area contributed by atoms with Crippen LogP contribution in [0.5, 0.6) is 0 Å². The molecule has 1 aromatic carbocycles. The molecule has 0 spiro atoms. The van der Waals surface area contributed by atoms with E-state index in [4.69, 9.17) is 0 Å². The molecule has 0 aromatic heterocycles. The van der Waals surface area contributed by atoms with E-state index in [1.54, 1.807) is 16.4 Å². The Kier molecular flexibility index (Phi) is 5.71. The Morgan fingerprint density at radius 2 is 1.71 bits per heavy atom. The summed E-state index contributed by atoms with van der Waals surface area (Å²) >= 11 is 0. The van der Waals surface area contributed by atoms with Crippen molar-refractivity contribution in [1.82, 2.24) is 9.62 Å². The standard InChI is InChI=1S/C18H28N2O3S/c1-14(21)19-13-15-9-11-20(12-10-15)24(22,23)17-7-5-16(6-8-17)18(2,3)4/h5-8,15H,9-13H2,1-4H3,(H,19,21). The average molecular weight is 353 g/mol.